The molecule has 3 heteroatoms. The molecule has 12 heavy (non-hydrogen) atoms. The van der Waals surface area contributed by atoms with Crippen molar-refractivity contribution in [2.24, 2.45) is 0 Å². The molecule has 1 amide bonds. The average molecular weight is 187 g/mol. The van der Waals surface area contributed by atoms with Crippen LogP contribution in [0.5, 0.6) is 0 Å². The minimum atomic E-state index is -0.0216. The summed E-state index contributed by atoms with van der Waals surface area (Å²) in [5, 5.41) is 0.394. The van der Waals surface area contributed by atoms with Gasteiger partial charge in [-0.15, -0.1) is 0 Å². The summed E-state index contributed by atoms with van der Waals surface area (Å²) in [5.41, 5.74) is 0. The Labute approximate surface area is 80.0 Å². The number of carbonyl (C=O) groups is 1. The standard InChI is InChI=1S/C9H17NOS/c1-4-8(12)6-7-10(3)9(11)5-2/h5,8,12H,2,4,6-7H2,1,3H3. The monoisotopic (exact) mass is 187 g/mol. The van der Waals surface area contributed by atoms with Crippen molar-refractivity contribution in [3.8, 4) is 0 Å². The number of amides is 1. The lowest BCUT2D eigenvalue weighted by Crippen LogP contribution is -2.27. The van der Waals surface area contributed by atoms with Gasteiger partial charge in [0.25, 0.3) is 0 Å². The lowest BCUT2D eigenvalue weighted by atomic mass is 10.2. The smallest absolute Gasteiger partial charge is 0.245 e. The van der Waals surface area contributed by atoms with Gasteiger partial charge in [-0.1, -0.05) is 13.5 Å². The van der Waals surface area contributed by atoms with Crippen molar-refractivity contribution in [2.45, 2.75) is 25.0 Å². The molecule has 0 rings (SSSR count). The van der Waals surface area contributed by atoms with E-state index in [1.54, 1.807) is 11.9 Å². The van der Waals surface area contributed by atoms with E-state index in [-0.39, 0.29) is 5.91 Å². The molecule has 0 aliphatic heterocycles. The van der Waals surface area contributed by atoms with Crippen molar-refractivity contribution in [3.63, 3.8) is 0 Å². The molecular weight excluding hydrogens is 170 g/mol. The molecule has 0 radical (unpaired) electrons. The molecule has 0 bridgehead atoms. The van der Waals surface area contributed by atoms with Crippen LogP contribution in [-0.4, -0.2) is 29.6 Å². The fourth-order valence-corrected chi connectivity index (χ4v) is 0.928. The summed E-state index contributed by atoms with van der Waals surface area (Å²) in [6, 6.07) is 0. The number of thiol groups is 1. The number of hydrogen-bond donors (Lipinski definition) is 1. The molecule has 0 N–H and O–H groups in total. The van der Waals surface area contributed by atoms with E-state index in [4.69, 9.17) is 0 Å². The van der Waals surface area contributed by atoms with Crippen molar-refractivity contribution in [1.82, 2.24) is 4.90 Å². The number of hydrogen-bond acceptors (Lipinski definition) is 2. The zero-order chi connectivity index (χ0) is 9.56. The maximum Gasteiger partial charge on any atom is 0.245 e. The molecular formula is C9H17NOS. The first-order chi connectivity index (χ1) is 5.61. The molecule has 1 atom stereocenters. The Morgan fingerprint density at radius 3 is 2.75 bits per heavy atom. The van der Waals surface area contributed by atoms with Crippen LogP contribution in [0.15, 0.2) is 12.7 Å². The first-order valence-corrected chi connectivity index (χ1v) is 4.69. The SMILES string of the molecule is C=CC(=O)N(C)CCC(S)CC. The molecule has 0 aliphatic rings. The fraction of sp³-hybridized carbons (Fsp3) is 0.667. The van der Waals surface area contributed by atoms with Gasteiger partial charge in [-0.2, -0.15) is 12.6 Å². The molecule has 0 fully saturated rings. The Balaban J connectivity index is 3.63. The fourth-order valence-electron chi connectivity index (χ4n) is 0.813. The molecule has 0 aromatic heterocycles. The Bertz CT molecular complexity index is 159. The molecule has 0 spiro atoms. The zero-order valence-electron chi connectivity index (χ0n) is 7.79. The minimum absolute atomic E-state index is 0.0216. The highest BCUT2D eigenvalue weighted by Crippen LogP contribution is 2.06. The van der Waals surface area contributed by atoms with E-state index in [1.807, 2.05) is 0 Å². The average Bonchev–Trinajstić information content (AvgIpc) is 2.11. The maximum absolute atomic E-state index is 11.0. The summed E-state index contributed by atoms with van der Waals surface area (Å²) in [4.78, 5) is 12.7. The van der Waals surface area contributed by atoms with Gasteiger partial charge in [0.15, 0.2) is 0 Å². The van der Waals surface area contributed by atoms with Gasteiger partial charge >= 0.3 is 0 Å². The molecule has 0 aromatic rings. The van der Waals surface area contributed by atoms with Crippen LogP contribution in [0.1, 0.15) is 19.8 Å². The largest absolute Gasteiger partial charge is 0.342 e. The maximum atomic E-state index is 11.0. The van der Waals surface area contributed by atoms with Crippen LogP contribution in [0.3, 0.4) is 0 Å². The van der Waals surface area contributed by atoms with E-state index in [0.29, 0.717) is 5.25 Å². The van der Waals surface area contributed by atoms with E-state index in [2.05, 4.69) is 26.1 Å². The van der Waals surface area contributed by atoms with Crippen LogP contribution in [0.25, 0.3) is 0 Å². The van der Waals surface area contributed by atoms with Crippen LogP contribution >= 0.6 is 12.6 Å². The van der Waals surface area contributed by atoms with Crippen molar-refractivity contribution in [3.05, 3.63) is 12.7 Å². The van der Waals surface area contributed by atoms with Gasteiger partial charge in [0.1, 0.15) is 0 Å². The normalized spacial score (nSPS) is 12.2. The molecule has 2 nitrogen and oxygen atoms in total. The summed E-state index contributed by atoms with van der Waals surface area (Å²) >= 11 is 4.34. The first kappa shape index (κ1) is 11.6. The summed E-state index contributed by atoms with van der Waals surface area (Å²) < 4.78 is 0. The number of rotatable bonds is 5. The number of carbonyl (C=O) groups excluding carboxylic acids is 1. The Morgan fingerprint density at radius 2 is 2.33 bits per heavy atom. The van der Waals surface area contributed by atoms with Gasteiger partial charge in [0.2, 0.25) is 5.91 Å². The van der Waals surface area contributed by atoms with Crippen LogP contribution in [-0.2, 0) is 4.79 Å². The van der Waals surface area contributed by atoms with Crippen molar-refractivity contribution < 1.29 is 4.79 Å². The number of nitrogens with zero attached hydrogens (tertiary/aromatic N) is 1. The van der Waals surface area contributed by atoms with E-state index in [9.17, 15) is 4.79 Å². The highest BCUT2D eigenvalue weighted by molar-refractivity contribution is 7.80. The molecule has 70 valence electrons. The summed E-state index contributed by atoms with van der Waals surface area (Å²) in [5.74, 6) is -0.0216. The Hall–Kier alpha value is -0.440. The quantitative estimate of drug-likeness (QED) is 0.513. The van der Waals surface area contributed by atoms with Gasteiger partial charge < -0.3 is 4.90 Å². The van der Waals surface area contributed by atoms with Gasteiger partial charge in [0, 0.05) is 18.8 Å². The van der Waals surface area contributed by atoms with E-state index >= 15 is 0 Å². The molecule has 0 heterocycles. The molecule has 0 saturated carbocycles. The minimum Gasteiger partial charge on any atom is -0.342 e. The van der Waals surface area contributed by atoms with Crippen molar-refractivity contribution in [1.29, 1.82) is 0 Å². The van der Waals surface area contributed by atoms with E-state index in [0.717, 1.165) is 19.4 Å². The second-order valence-corrected chi connectivity index (χ2v) is 3.54. The van der Waals surface area contributed by atoms with Crippen molar-refractivity contribution in [2.75, 3.05) is 13.6 Å². The predicted molar refractivity (Wildman–Crippen MR) is 55.5 cm³/mol. The second-order valence-electron chi connectivity index (χ2n) is 2.81. The van der Waals surface area contributed by atoms with Gasteiger partial charge in [-0.3, -0.25) is 4.79 Å². The third-order valence-electron chi connectivity index (χ3n) is 1.82. The molecule has 0 aromatic carbocycles. The van der Waals surface area contributed by atoms with Crippen LogP contribution in [0.4, 0.5) is 0 Å². The molecule has 0 saturated heterocycles. The van der Waals surface area contributed by atoms with Gasteiger partial charge in [-0.25, -0.2) is 0 Å². The predicted octanol–water partition coefficient (Wildman–Crippen LogP) is 1.73. The van der Waals surface area contributed by atoms with Crippen LogP contribution in [0.2, 0.25) is 0 Å². The summed E-state index contributed by atoms with van der Waals surface area (Å²) in [7, 11) is 1.78. The van der Waals surface area contributed by atoms with E-state index < -0.39 is 0 Å². The third kappa shape index (κ3) is 4.44. The Morgan fingerprint density at radius 1 is 1.75 bits per heavy atom. The summed E-state index contributed by atoms with van der Waals surface area (Å²) in [6.07, 6.45) is 3.31. The Kier molecular flexibility index (Phi) is 5.89. The van der Waals surface area contributed by atoms with Gasteiger partial charge in [-0.05, 0) is 18.9 Å². The number of likely N-dealkylation sites (N-methyl/N-ethyl adjacent to an activating group) is 1. The van der Waals surface area contributed by atoms with Crippen LogP contribution in [0, 0.1) is 0 Å². The summed E-state index contributed by atoms with van der Waals surface area (Å²) in [6.45, 7) is 6.27. The molecule has 1 unspecified atom stereocenters. The zero-order valence-corrected chi connectivity index (χ0v) is 8.68. The van der Waals surface area contributed by atoms with Gasteiger partial charge in [0.05, 0.1) is 0 Å². The van der Waals surface area contributed by atoms with E-state index in [1.165, 1.54) is 6.08 Å². The lowest BCUT2D eigenvalue weighted by Gasteiger charge is -2.16. The van der Waals surface area contributed by atoms with Crippen LogP contribution < -0.4 is 0 Å². The molecule has 0 aliphatic carbocycles. The lowest BCUT2D eigenvalue weighted by molar-refractivity contribution is -0.124. The second kappa shape index (κ2) is 6.12. The highest BCUT2D eigenvalue weighted by Gasteiger charge is 2.05. The third-order valence-corrected chi connectivity index (χ3v) is 2.44. The highest BCUT2D eigenvalue weighted by atomic mass is 32.1. The van der Waals surface area contributed by atoms with Crippen molar-refractivity contribution >= 4 is 18.5 Å². The first-order valence-electron chi connectivity index (χ1n) is 4.17. The topological polar surface area (TPSA) is 20.3 Å².